The predicted octanol–water partition coefficient (Wildman–Crippen LogP) is 5.09. The van der Waals surface area contributed by atoms with Crippen LogP contribution in [0.5, 0.6) is 0 Å². The first-order valence-corrected chi connectivity index (χ1v) is 7.12. The average molecular weight is 268 g/mol. The summed E-state index contributed by atoms with van der Waals surface area (Å²) in [4.78, 5) is 0. The fourth-order valence-electron chi connectivity index (χ4n) is 6.04. The van der Waals surface area contributed by atoms with Crippen LogP contribution in [0, 0.1) is 11.8 Å². The summed E-state index contributed by atoms with van der Waals surface area (Å²) >= 11 is 0. The molecule has 0 bridgehead atoms. The third-order valence-corrected chi connectivity index (χ3v) is 4.02. The third kappa shape index (κ3) is 3.31. The average Bonchev–Trinajstić information content (AvgIpc) is 1.95. The summed E-state index contributed by atoms with van der Waals surface area (Å²) in [6.07, 6.45) is 0. The van der Waals surface area contributed by atoms with Crippen LogP contribution in [0.4, 0.5) is 0 Å². The van der Waals surface area contributed by atoms with E-state index >= 15 is 0 Å². The van der Waals surface area contributed by atoms with Gasteiger partial charge in [-0.15, -0.1) is 0 Å². The molecule has 0 atom stereocenters. The molecule has 0 aliphatic heterocycles. The molecule has 0 aromatic rings. The van der Waals surface area contributed by atoms with Crippen LogP contribution in [0.25, 0.3) is 0 Å². The Hall–Kier alpha value is -0.550. The predicted molar refractivity (Wildman–Crippen MR) is 84.2 cm³/mol. The zero-order chi connectivity index (χ0) is 16.5. The van der Waals surface area contributed by atoms with Crippen molar-refractivity contribution >= 4 is 0 Å². The van der Waals surface area contributed by atoms with Gasteiger partial charge in [0, 0.05) is 0 Å². The molecule has 0 aromatic heterocycles. The second kappa shape index (κ2) is 5.44. The van der Waals surface area contributed by atoms with E-state index in [0.29, 0.717) is 0 Å². The molecule has 0 amide bonds. The molecule has 0 radical (unpaired) electrons. The maximum Gasteiger partial charge on any atom is 0.0918 e. The van der Waals surface area contributed by atoms with Crippen molar-refractivity contribution in [2.24, 2.45) is 0 Å². The van der Waals surface area contributed by atoms with Gasteiger partial charge in [0.25, 0.3) is 0 Å². The van der Waals surface area contributed by atoms with Crippen molar-refractivity contribution < 1.29 is 4.48 Å². The van der Waals surface area contributed by atoms with Crippen LogP contribution in [0.3, 0.4) is 0 Å². The van der Waals surface area contributed by atoms with E-state index in [1.165, 1.54) is 0 Å². The maximum absolute atomic E-state index is 6.25. The van der Waals surface area contributed by atoms with Gasteiger partial charge in [-0.05, 0) is 83.1 Å². The fraction of sp³-hybridized carbons (Fsp3) is 0.941. The third-order valence-electron chi connectivity index (χ3n) is 4.02. The van der Waals surface area contributed by atoms with Gasteiger partial charge >= 0.3 is 0 Å². The standard InChI is InChI=1S/C16H36N.CN/c1-13(2,3)17(14(4,5)6,15(7,8)9)16(10,11)12;1-2/h1-12H3;/q+1;-1. The van der Waals surface area contributed by atoms with Gasteiger partial charge in [0.2, 0.25) is 0 Å². The maximum atomic E-state index is 6.25. The summed E-state index contributed by atoms with van der Waals surface area (Å²) in [6.45, 7) is 33.4. The monoisotopic (exact) mass is 268 g/mol. The number of hydrogen-bond acceptors (Lipinski definition) is 1. The smallest absolute Gasteiger partial charge is 0.0918 e. The lowest BCUT2D eigenvalue weighted by molar-refractivity contribution is -1.08. The molecule has 0 aromatic carbocycles. The molecular weight excluding hydrogens is 232 g/mol. The second-order valence-electron chi connectivity index (χ2n) is 9.35. The zero-order valence-electron chi connectivity index (χ0n) is 15.4. The molecule has 0 fully saturated rings. The molecular formula is C17H36N2. The summed E-state index contributed by atoms with van der Waals surface area (Å²) in [5.74, 6) is 0. The Morgan fingerprint density at radius 2 is 0.579 bits per heavy atom. The summed E-state index contributed by atoms with van der Waals surface area (Å²) in [6, 6.07) is 0. The van der Waals surface area contributed by atoms with Gasteiger partial charge in [-0.1, -0.05) is 0 Å². The molecule has 0 aliphatic rings. The van der Waals surface area contributed by atoms with Crippen LogP contribution >= 0.6 is 0 Å². The highest BCUT2D eigenvalue weighted by Crippen LogP contribution is 2.50. The van der Waals surface area contributed by atoms with Crippen LogP contribution < -0.4 is 0 Å². The van der Waals surface area contributed by atoms with Crippen molar-refractivity contribution in [3.05, 3.63) is 6.57 Å². The van der Waals surface area contributed by atoms with Crippen molar-refractivity contribution in [1.82, 2.24) is 0 Å². The highest BCUT2D eigenvalue weighted by molar-refractivity contribution is 4.88. The van der Waals surface area contributed by atoms with Crippen LogP contribution in [0.15, 0.2) is 0 Å². The van der Waals surface area contributed by atoms with Crippen molar-refractivity contribution in [1.29, 1.82) is 5.26 Å². The van der Waals surface area contributed by atoms with Gasteiger partial charge in [-0.2, -0.15) is 0 Å². The van der Waals surface area contributed by atoms with E-state index < -0.39 is 0 Å². The number of rotatable bonds is 0. The normalized spacial score (nSPS) is 14.6. The molecule has 0 heterocycles. The fourth-order valence-corrected chi connectivity index (χ4v) is 6.04. The van der Waals surface area contributed by atoms with Crippen molar-refractivity contribution in [2.75, 3.05) is 0 Å². The Morgan fingerprint density at radius 3 is 0.579 bits per heavy atom. The van der Waals surface area contributed by atoms with Crippen molar-refractivity contribution in [2.45, 2.75) is 105 Å². The Balaban J connectivity index is 0. The number of hydrogen-bond donors (Lipinski definition) is 0. The van der Waals surface area contributed by atoms with Crippen LogP contribution in [-0.2, 0) is 0 Å². The highest BCUT2D eigenvalue weighted by Gasteiger charge is 2.62. The summed E-state index contributed by atoms with van der Waals surface area (Å²) < 4.78 is 1.08. The Bertz CT molecular complexity index is 236. The summed E-state index contributed by atoms with van der Waals surface area (Å²) in [5.41, 5.74) is 0.812. The molecule has 114 valence electrons. The topological polar surface area (TPSA) is 23.8 Å². The van der Waals surface area contributed by atoms with E-state index in [0.717, 1.165) is 4.48 Å². The zero-order valence-corrected chi connectivity index (χ0v) is 15.4. The molecule has 0 rings (SSSR count). The Labute approximate surface area is 122 Å². The minimum Gasteiger partial charge on any atom is -0.512 e. The van der Waals surface area contributed by atoms with E-state index in [9.17, 15) is 0 Å². The quantitative estimate of drug-likeness (QED) is 0.443. The van der Waals surface area contributed by atoms with Gasteiger partial charge in [-0.3, -0.25) is 0 Å². The van der Waals surface area contributed by atoms with Crippen molar-refractivity contribution in [3.8, 4) is 0 Å². The lowest BCUT2D eigenvalue weighted by Gasteiger charge is -2.70. The van der Waals surface area contributed by atoms with Crippen LogP contribution in [-0.4, -0.2) is 26.6 Å². The van der Waals surface area contributed by atoms with Crippen molar-refractivity contribution in [3.63, 3.8) is 0 Å². The number of nitrogens with zero attached hydrogens (tertiary/aromatic N) is 2. The second-order valence-corrected chi connectivity index (χ2v) is 9.35. The van der Waals surface area contributed by atoms with Gasteiger partial charge in [-0.25, -0.2) is 0 Å². The first-order chi connectivity index (χ1) is 8.00. The first-order valence-electron chi connectivity index (χ1n) is 7.12. The van der Waals surface area contributed by atoms with E-state index in [4.69, 9.17) is 11.8 Å². The van der Waals surface area contributed by atoms with E-state index in [2.05, 4.69) is 83.1 Å². The lowest BCUT2D eigenvalue weighted by atomic mass is 9.75. The molecule has 0 unspecified atom stereocenters. The molecule has 0 spiro atoms. The molecule has 0 saturated heterocycles. The minimum atomic E-state index is 0.203. The molecule has 2 nitrogen and oxygen atoms in total. The molecule has 2 heteroatoms. The summed E-state index contributed by atoms with van der Waals surface area (Å²) in [7, 11) is 0. The van der Waals surface area contributed by atoms with Gasteiger partial charge < -0.3 is 16.3 Å². The molecule has 0 saturated carbocycles. The van der Waals surface area contributed by atoms with Gasteiger partial charge in [0.1, 0.15) is 0 Å². The van der Waals surface area contributed by atoms with E-state index in [1.54, 1.807) is 0 Å². The molecule has 0 N–H and O–H groups in total. The molecule has 0 aliphatic carbocycles. The van der Waals surface area contributed by atoms with Crippen LogP contribution in [0.2, 0.25) is 0 Å². The van der Waals surface area contributed by atoms with Crippen LogP contribution in [0.1, 0.15) is 83.1 Å². The SMILES string of the molecule is CC(C)(C)[N+](C(C)(C)C)(C(C)(C)C)C(C)(C)C.[C-]#N. The van der Waals surface area contributed by atoms with Gasteiger partial charge in [0.15, 0.2) is 0 Å². The van der Waals surface area contributed by atoms with E-state index in [1.807, 2.05) is 0 Å². The lowest BCUT2D eigenvalue weighted by Crippen LogP contribution is -2.82. The summed E-state index contributed by atoms with van der Waals surface area (Å²) in [5, 5.41) is 6.25. The minimum absolute atomic E-state index is 0.203. The Morgan fingerprint density at radius 1 is 0.474 bits per heavy atom. The Kier molecular flexibility index (Phi) is 5.95. The number of quaternary nitrogens is 1. The largest absolute Gasteiger partial charge is 0.512 e. The highest BCUT2D eigenvalue weighted by atomic mass is 15.5. The van der Waals surface area contributed by atoms with Gasteiger partial charge in [0.05, 0.1) is 22.2 Å². The first kappa shape index (κ1) is 20.8. The molecule has 19 heavy (non-hydrogen) atoms. The van der Waals surface area contributed by atoms with E-state index in [-0.39, 0.29) is 22.2 Å².